The average Bonchev–Trinajstić information content (AvgIpc) is 2.54. The highest BCUT2D eigenvalue weighted by atomic mass is 16.8. The van der Waals surface area contributed by atoms with E-state index in [1.807, 2.05) is 18.2 Å². The summed E-state index contributed by atoms with van der Waals surface area (Å²) in [5.41, 5.74) is -0.0919. The molecule has 8 nitrogen and oxygen atoms in total. The number of aromatic carboxylic acids is 1. The number of hydrogen-bond donors (Lipinski definition) is 3. The number of ether oxygens (including phenoxy) is 3. The van der Waals surface area contributed by atoms with Crippen molar-refractivity contribution in [3.05, 3.63) is 54.1 Å². The predicted molar refractivity (Wildman–Crippen MR) is 92.2 cm³/mol. The van der Waals surface area contributed by atoms with Crippen LogP contribution in [0, 0.1) is 0 Å². The molecular weight excluding hydrogens is 342 g/mol. The molecule has 0 heterocycles. The van der Waals surface area contributed by atoms with Gasteiger partial charge in [0.1, 0.15) is 17.1 Å². The number of amides is 1. The molecule has 0 aliphatic rings. The molecule has 8 heteroatoms. The standard InChI is InChI=1S/C18H19NO7/c1-11(25-14-6-4-3-5-7-14)24-12(2)26-18(23)19-13-8-9-15(17(21)22)16(20)10-13/h3-12,20H,1-2H3,(H,19,23)(H,21,22). The van der Waals surface area contributed by atoms with Gasteiger partial charge in [-0.2, -0.15) is 0 Å². The van der Waals surface area contributed by atoms with Gasteiger partial charge in [-0.25, -0.2) is 9.59 Å². The molecule has 0 fully saturated rings. The molecule has 0 radical (unpaired) electrons. The predicted octanol–water partition coefficient (Wildman–Crippen LogP) is 3.43. The molecule has 138 valence electrons. The second-order valence-corrected chi connectivity index (χ2v) is 5.27. The van der Waals surface area contributed by atoms with Crippen molar-refractivity contribution in [1.29, 1.82) is 0 Å². The van der Waals surface area contributed by atoms with Gasteiger partial charge in [0.25, 0.3) is 0 Å². The lowest BCUT2D eigenvalue weighted by Crippen LogP contribution is -2.28. The Kier molecular flexibility index (Phi) is 6.40. The number of aromatic hydroxyl groups is 1. The van der Waals surface area contributed by atoms with Crippen LogP contribution in [-0.4, -0.2) is 34.9 Å². The normalized spacial score (nSPS) is 12.7. The number of benzene rings is 2. The van der Waals surface area contributed by atoms with E-state index in [9.17, 15) is 14.7 Å². The molecule has 3 N–H and O–H groups in total. The van der Waals surface area contributed by atoms with Gasteiger partial charge >= 0.3 is 12.1 Å². The largest absolute Gasteiger partial charge is 0.507 e. The Morgan fingerprint density at radius 3 is 2.35 bits per heavy atom. The molecule has 0 spiro atoms. The van der Waals surface area contributed by atoms with Crippen LogP contribution in [0.4, 0.5) is 10.5 Å². The second kappa shape index (κ2) is 8.72. The molecule has 2 aromatic carbocycles. The first-order chi connectivity index (χ1) is 12.3. The topological polar surface area (TPSA) is 114 Å². The Morgan fingerprint density at radius 2 is 1.73 bits per heavy atom. The molecule has 1 amide bonds. The summed E-state index contributed by atoms with van der Waals surface area (Å²) in [5, 5.41) is 20.8. The molecule has 0 aromatic heterocycles. The van der Waals surface area contributed by atoms with Crippen molar-refractivity contribution in [2.45, 2.75) is 26.4 Å². The molecule has 2 aromatic rings. The third kappa shape index (κ3) is 5.67. The number of nitrogens with one attached hydrogen (secondary N) is 1. The smallest absolute Gasteiger partial charge is 0.413 e. The van der Waals surface area contributed by atoms with E-state index in [0.717, 1.165) is 6.07 Å². The van der Waals surface area contributed by atoms with Crippen LogP contribution in [-0.2, 0) is 9.47 Å². The van der Waals surface area contributed by atoms with Crippen LogP contribution < -0.4 is 10.1 Å². The van der Waals surface area contributed by atoms with Crippen molar-refractivity contribution < 1.29 is 34.0 Å². The summed E-state index contributed by atoms with van der Waals surface area (Å²) in [7, 11) is 0. The quantitative estimate of drug-likeness (QED) is 0.647. The SMILES string of the molecule is CC(OC(=O)Nc1ccc(C(=O)O)c(O)c1)OC(C)Oc1ccccc1. The summed E-state index contributed by atoms with van der Waals surface area (Å²) in [5.74, 6) is -1.12. The molecule has 0 bridgehead atoms. The number of carboxylic acids is 1. The highest BCUT2D eigenvalue weighted by Crippen LogP contribution is 2.22. The van der Waals surface area contributed by atoms with Gasteiger partial charge in [0.15, 0.2) is 0 Å². The Morgan fingerprint density at radius 1 is 1.04 bits per heavy atom. The molecule has 0 aliphatic carbocycles. The van der Waals surface area contributed by atoms with Gasteiger partial charge in [-0.15, -0.1) is 0 Å². The van der Waals surface area contributed by atoms with Crippen molar-refractivity contribution in [3.63, 3.8) is 0 Å². The molecule has 0 aliphatic heterocycles. The van der Waals surface area contributed by atoms with E-state index in [1.165, 1.54) is 19.1 Å². The third-order valence-electron chi connectivity index (χ3n) is 3.18. The number of carbonyl (C=O) groups excluding carboxylic acids is 1. The van der Waals surface area contributed by atoms with Crippen LogP contribution in [0.25, 0.3) is 0 Å². The Hall–Kier alpha value is -3.26. The molecule has 0 saturated carbocycles. The monoisotopic (exact) mass is 361 g/mol. The highest BCUT2D eigenvalue weighted by Gasteiger charge is 2.16. The number of para-hydroxylation sites is 1. The van der Waals surface area contributed by atoms with E-state index in [2.05, 4.69) is 5.32 Å². The van der Waals surface area contributed by atoms with Gasteiger partial charge in [-0.3, -0.25) is 5.32 Å². The van der Waals surface area contributed by atoms with Crippen LogP contribution in [0.5, 0.6) is 11.5 Å². The van der Waals surface area contributed by atoms with E-state index < -0.39 is 30.4 Å². The maximum absolute atomic E-state index is 11.8. The first-order valence-corrected chi connectivity index (χ1v) is 7.76. The van der Waals surface area contributed by atoms with Gasteiger partial charge in [-0.05, 0) is 38.1 Å². The zero-order chi connectivity index (χ0) is 19.1. The number of phenols is 1. The summed E-state index contributed by atoms with van der Waals surface area (Å²) in [4.78, 5) is 22.7. The second-order valence-electron chi connectivity index (χ2n) is 5.27. The highest BCUT2D eigenvalue weighted by molar-refractivity contribution is 5.92. The molecule has 26 heavy (non-hydrogen) atoms. The molecule has 2 atom stereocenters. The summed E-state index contributed by atoms with van der Waals surface area (Å²) in [6, 6.07) is 12.6. The lowest BCUT2D eigenvalue weighted by Gasteiger charge is -2.20. The lowest BCUT2D eigenvalue weighted by atomic mass is 10.2. The zero-order valence-electron chi connectivity index (χ0n) is 14.2. The van der Waals surface area contributed by atoms with Gasteiger partial charge in [0, 0.05) is 11.8 Å². The zero-order valence-corrected chi connectivity index (χ0v) is 14.2. The van der Waals surface area contributed by atoms with E-state index >= 15 is 0 Å². The van der Waals surface area contributed by atoms with E-state index in [4.69, 9.17) is 19.3 Å². The number of carbonyl (C=O) groups is 2. The van der Waals surface area contributed by atoms with Crippen molar-refractivity contribution in [2.24, 2.45) is 0 Å². The van der Waals surface area contributed by atoms with Gasteiger partial charge in [0.2, 0.25) is 12.6 Å². The first-order valence-electron chi connectivity index (χ1n) is 7.76. The maximum atomic E-state index is 11.8. The molecule has 0 saturated heterocycles. The van der Waals surface area contributed by atoms with Crippen LogP contribution in [0.3, 0.4) is 0 Å². The molecular formula is C18H19NO7. The number of rotatable bonds is 7. The van der Waals surface area contributed by atoms with E-state index in [-0.39, 0.29) is 11.3 Å². The number of carboxylic acid groups (broad SMARTS) is 1. The third-order valence-corrected chi connectivity index (χ3v) is 3.18. The lowest BCUT2D eigenvalue weighted by molar-refractivity contribution is -0.178. The van der Waals surface area contributed by atoms with E-state index in [1.54, 1.807) is 19.1 Å². The van der Waals surface area contributed by atoms with E-state index in [0.29, 0.717) is 5.75 Å². The summed E-state index contributed by atoms with van der Waals surface area (Å²) in [6.45, 7) is 3.18. The fourth-order valence-corrected chi connectivity index (χ4v) is 2.10. The summed E-state index contributed by atoms with van der Waals surface area (Å²) < 4.78 is 15.9. The average molecular weight is 361 g/mol. The number of anilines is 1. The fraction of sp³-hybridized carbons (Fsp3) is 0.222. The van der Waals surface area contributed by atoms with Crippen molar-refractivity contribution in [3.8, 4) is 11.5 Å². The van der Waals surface area contributed by atoms with Gasteiger partial charge in [0.05, 0.1) is 0 Å². The van der Waals surface area contributed by atoms with Crippen molar-refractivity contribution in [2.75, 3.05) is 5.32 Å². The van der Waals surface area contributed by atoms with Crippen LogP contribution >= 0.6 is 0 Å². The van der Waals surface area contributed by atoms with Crippen LogP contribution in [0.1, 0.15) is 24.2 Å². The minimum atomic E-state index is -1.27. The summed E-state index contributed by atoms with van der Waals surface area (Å²) in [6.07, 6.45) is -2.38. The first kappa shape index (κ1) is 19.1. The van der Waals surface area contributed by atoms with Crippen molar-refractivity contribution >= 4 is 17.7 Å². The molecule has 2 rings (SSSR count). The Balaban J connectivity index is 1.83. The van der Waals surface area contributed by atoms with Gasteiger partial charge in [-0.1, -0.05) is 18.2 Å². The van der Waals surface area contributed by atoms with Crippen LogP contribution in [0.2, 0.25) is 0 Å². The minimum Gasteiger partial charge on any atom is -0.507 e. The maximum Gasteiger partial charge on any atom is 0.413 e. The Bertz CT molecular complexity index is 763. The van der Waals surface area contributed by atoms with Crippen molar-refractivity contribution in [1.82, 2.24) is 0 Å². The fourth-order valence-electron chi connectivity index (χ4n) is 2.10. The minimum absolute atomic E-state index is 0.179. The van der Waals surface area contributed by atoms with Crippen LogP contribution in [0.15, 0.2) is 48.5 Å². The molecule has 2 unspecified atom stereocenters. The van der Waals surface area contributed by atoms with Gasteiger partial charge < -0.3 is 24.4 Å². The number of hydrogen-bond acceptors (Lipinski definition) is 6. The summed E-state index contributed by atoms with van der Waals surface area (Å²) >= 11 is 0. The Labute approximate surface area is 149 Å².